The fourth-order valence-electron chi connectivity index (χ4n) is 6.15. The molecule has 42 heavy (non-hydrogen) atoms. The molecular weight excluding hydrogens is 512 g/mol. The number of fused-ring (bicyclic) bond motifs is 7. The molecule has 0 fully saturated rings. The Hall–Kier alpha value is -5.60. The van der Waals surface area contributed by atoms with Gasteiger partial charge < -0.3 is 8.83 Å². The average molecular weight is 545 g/mol. The molecule has 0 aliphatic heterocycles. The molecule has 0 saturated heterocycles. The van der Waals surface area contributed by atoms with E-state index in [1.807, 2.05) is 60.7 Å². The summed E-state index contributed by atoms with van der Waals surface area (Å²) in [7, 11) is 0. The van der Waals surface area contributed by atoms with E-state index < -0.39 is 24.2 Å². The Bertz CT molecular complexity index is 2810. The Morgan fingerprint density at radius 1 is 0.476 bits per heavy atom. The normalized spacial score (nSPS) is 14.5. The molecule has 2 aromatic heterocycles. The van der Waals surface area contributed by atoms with Crippen molar-refractivity contribution in [3.05, 3.63) is 146 Å². The highest BCUT2D eigenvalue weighted by Crippen LogP contribution is 2.45. The van der Waals surface area contributed by atoms with Crippen molar-refractivity contribution in [2.24, 2.45) is 0 Å². The summed E-state index contributed by atoms with van der Waals surface area (Å²) in [6.07, 6.45) is 1.71. The van der Waals surface area contributed by atoms with Crippen LogP contribution in [0, 0.1) is 0 Å². The molecule has 9 rings (SSSR count). The molecule has 0 saturated carbocycles. The van der Waals surface area contributed by atoms with E-state index in [0.29, 0.717) is 33.4 Å². The molecule has 2 heteroatoms. The van der Waals surface area contributed by atoms with E-state index in [2.05, 4.69) is 0 Å². The second kappa shape index (κ2) is 8.95. The summed E-state index contributed by atoms with van der Waals surface area (Å²) >= 11 is 0. The molecular formula is C40H24O2. The van der Waals surface area contributed by atoms with Gasteiger partial charge in [0.15, 0.2) is 0 Å². The fraction of sp³-hybridized carbons (Fsp3) is 0. The number of benzene rings is 7. The summed E-state index contributed by atoms with van der Waals surface area (Å²) in [6.45, 7) is 0. The predicted molar refractivity (Wildman–Crippen MR) is 175 cm³/mol. The maximum atomic E-state index is 9.18. The minimum atomic E-state index is -0.441. The lowest BCUT2D eigenvalue weighted by Gasteiger charge is -2.17. The van der Waals surface area contributed by atoms with Gasteiger partial charge in [-0.1, -0.05) is 115 Å². The van der Waals surface area contributed by atoms with E-state index in [1.165, 1.54) is 0 Å². The van der Waals surface area contributed by atoms with Gasteiger partial charge in [-0.15, -0.1) is 0 Å². The van der Waals surface area contributed by atoms with Crippen molar-refractivity contribution in [1.29, 1.82) is 0 Å². The van der Waals surface area contributed by atoms with E-state index in [4.69, 9.17) is 17.1 Å². The van der Waals surface area contributed by atoms with Crippen molar-refractivity contribution in [2.45, 2.75) is 0 Å². The summed E-state index contributed by atoms with van der Waals surface area (Å²) in [5, 5.41) is 3.15. The molecule has 0 aliphatic rings. The number of hydrogen-bond donors (Lipinski definition) is 0. The van der Waals surface area contributed by atoms with Gasteiger partial charge in [-0.05, 0) is 73.6 Å². The lowest BCUT2D eigenvalue weighted by atomic mass is 9.86. The third-order valence-electron chi connectivity index (χ3n) is 7.99. The van der Waals surface area contributed by atoms with Crippen molar-refractivity contribution < 1.29 is 19.8 Å². The molecule has 0 bridgehead atoms. The van der Waals surface area contributed by atoms with Gasteiger partial charge in [-0.25, -0.2) is 0 Å². The molecule has 0 atom stereocenters. The Kier molecular flexibility index (Phi) is 3.54. The first-order chi connectivity index (χ1) is 24.2. The summed E-state index contributed by atoms with van der Waals surface area (Å²) in [4.78, 5) is 0. The van der Waals surface area contributed by atoms with Crippen LogP contribution >= 0.6 is 0 Å². The van der Waals surface area contributed by atoms with E-state index in [-0.39, 0.29) is 51.3 Å². The SMILES string of the molecule is [2H]c1c([2H])c([2H])c2c(-c3ccc4c(c3)oc3c4ccc4occ(-c5ccccc5)c43)c3c([2H])c([2H])c([2H])c([2H])c3c(-c3ccccc3)c2c1[2H]. The second-order valence-electron chi connectivity index (χ2n) is 10.3. The molecule has 0 N–H and O–H groups in total. The highest BCUT2D eigenvalue weighted by atomic mass is 16.3. The van der Waals surface area contributed by atoms with Crippen LogP contribution in [-0.4, -0.2) is 0 Å². The van der Waals surface area contributed by atoms with E-state index in [9.17, 15) is 2.74 Å². The standard InChI is InChI=1S/C40H24O2/c1-3-11-25(12-4-1)34-24-41-35-22-21-33-28-20-19-27(23-36(28)42-40(33)39(34)35)38-31-17-9-7-15-29(31)37(26-13-5-2-6-14-26)30-16-8-10-18-32(30)38/h1-24H/i7D,8D,9D,10D,15D,16D,17D,18D. The van der Waals surface area contributed by atoms with Crippen molar-refractivity contribution in [2.75, 3.05) is 0 Å². The molecule has 0 radical (unpaired) electrons. The molecule has 196 valence electrons. The third-order valence-corrected chi connectivity index (χ3v) is 7.99. The first-order valence-corrected chi connectivity index (χ1v) is 13.6. The number of furan rings is 2. The van der Waals surface area contributed by atoms with Crippen LogP contribution in [0.5, 0.6) is 0 Å². The van der Waals surface area contributed by atoms with Gasteiger partial charge in [0.25, 0.3) is 0 Å². The van der Waals surface area contributed by atoms with Gasteiger partial charge in [0.05, 0.1) is 22.6 Å². The minimum Gasteiger partial charge on any atom is -0.464 e. The van der Waals surface area contributed by atoms with Crippen LogP contribution in [0.4, 0.5) is 0 Å². The Morgan fingerprint density at radius 3 is 1.69 bits per heavy atom. The van der Waals surface area contributed by atoms with Crippen molar-refractivity contribution >= 4 is 54.5 Å². The van der Waals surface area contributed by atoms with Crippen molar-refractivity contribution in [3.8, 4) is 33.4 Å². The van der Waals surface area contributed by atoms with Gasteiger partial charge in [0.1, 0.15) is 16.7 Å². The molecule has 0 amide bonds. The maximum Gasteiger partial charge on any atom is 0.147 e. The lowest BCUT2D eigenvalue weighted by Crippen LogP contribution is -1.90. The molecule has 2 heterocycles. The van der Waals surface area contributed by atoms with Crippen molar-refractivity contribution in [3.63, 3.8) is 0 Å². The summed E-state index contributed by atoms with van der Waals surface area (Å²) in [5.74, 6) is 0. The molecule has 0 spiro atoms. The van der Waals surface area contributed by atoms with Gasteiger partial charge in [-0.2, -0.15) is 0 Å². The third kappa shape index (κ3) is 3.33. The lowest BCUT2D eigenvalue weighted by molar-refractivity contribution is 0.616. The second-order valence-corrected chi connectivity index (χ2v) is 10.3. The zero-order valence-corrected chi connectivity index (χ0v) is 22.1. The Labute approximate surface area is 253 Å². The van der Waals surface area contributed by atoms with Crippen molar-refractivity contribution in [1.82, 2.24) is 0 Å². The fourth-order valence-corrected chi connectivity index (χ4v) is 6.15. The van der Waals surface area contributed by atoms with Crippen LogP contribution in [0.2, 0.25) is 0 Å². The van der Waals surface area contributed by atoms with E-state index >= 15 is 0 Å². The van der Waals surface area contributed by atoms with E-state index in [1.54, 1.807) is 36.6 Å². The monoisotopic (exact) mass is 544 g/mol. The minimum absolute atomic E-state index is 0.159. The molecule has 7 aromatic carbocycles. The quantitative estimate of drug-likeness (QED) is 0.207. The summed E-state index contributed by atoms with van der Waals surface area (Å²) < 4.78 is 83.7. The van der Waals surface area contributed by atoms with Crippen LogP contribution in [0.1, 0.15) is 11.0 Å². The smallest absolute Gasteiger partial charge is 0.147 e. The van der Waals surface area contributed by atoms with Gasteiger partial charge >= 0.3 is 0 Å². The highest BCUT2D eigenvalue weighted by Gasteiger charge is 2.20. The van der Waals surface area contributed by atoms with Crippen LogP contribution < -0.4 is 0 Å². The van der Waals surface area contributed by atoms with Crippen LogP contribution in [0.15, 0.2) is 154 Å². The first-order valence-electron chi connectivity index (χ1n) is 17.6. The first kappa shape index (κ1) is 16.6. The van der Waals surface area contributed by atoms with Crippen LogP contribution in [0.3, 0.4) is 0 Å². The topological polar surface area (TPSA) is 26.3 Å². The Balaban J connectivity index is 1.45. The van der Waals surface area contributed by atoms with Gasteiger partial charge in [-0.3, -0.25) is 0 Å². The summed E-state index contributed by atoms with van der Waals surface area (Å²) in [5.41, 5.74) is 5.28. The number of hydrogen-bond acceptors (Lipinski definition) is 2. The predicted octanol–water partition coefficient (Wildman–Crippen LogP) is 11.6. The summed E-state index contributed by atoms with van der Waals surface area (Å²) in [6, 6.07) is 25.2. The molecule has 0 unspecified atom stereocenters. The average Bonchev–Trinajstić information content (AvgIpc) is 3.75. The molecule has 2 nitrogen and oxygen atoms in total. The highest BCUT2D eigenvalue weighted by molar-refractivity contribution is 6.23. The van der Waals surface area contributed by atoms with E-state index in [0.717, 1.165) is 27.3 Å². The zero-order chi connectivity index (χ0) is 34.6. The van der Waals surface area contributed by atoms with Gasteiger partial charge in [0.2, 0.25) is 0 Å². The zero-order valence-electron chi connectivity index (χ0n) is 30.1. The largest absolute Gasteiger partial charge is 0.464 e. The van der Waals surface area contributed by atoms with Crippen LogP contribution in [0.25, 0.3) is 87.8 Å². The Morgan fingerprint density at radius 2 is 1.05 bits per heavy atom. The van der Waals surface area contributed by atoms with Gasteiger partial charge in [0, 0.05) is 16.3 Å². The van der Waals surface area contributed by atoms with Crippen LogP contribution in [-0.2, 0) is 0 Å². The molecule has 9 aromatic rings. The molecule has 0 aliphatic carbocycles. The maximum absolute atomic E-state index is 9.18. The number of rotatable bonds is 3.